The summed E-state index contributed by atoms with van der Waals surface area (Å²) in [6.45, 7) is 4.91. The van der Waals surface area contributed by atoms with Gasteiger partial charge in [-0.3, -0.25) is 0 Å². The van der Waals surface area contributed by atoms with Crippen LogP contribution in [0, 0.1) is 11.3 Å². The first-order valence-corrected chi connectivity index (χ1v) is 8.73. The fourth-order valence-corrected chi connectivity index (χ4v) is 2.88. The van der Waals surface area contributed by atoms with Gasteiger partial charge in [-0.1, -0.05) is 45.7 Å². The fourth-order valence-electron chi connectivity index (χ4n) is 2.20. The molecule has 0 saturated carbocycles. The number of rotatable bonds is 6. The van der Waals surface area contributed by atoms with Crippen molar-refractivity contribution < 1.29 is 9.47 Å². The molecule has 3 nitrogen and oxygen atoms in total. The Labute approximate surface area is 155 Å². The zero-order valence-electron chi connectivity index (χ0n) is 13.5. The minimum atomic E-state index is 0.480. The summed E-state index contributed by atoms with van der Waals surface area (Å²) >= 11 is 9.73. The number of benzene rings is 2. The maximum Gasteiger partial charge on any atom is 0.162 e. The Hall–Kier alpha value is -1.96. The Bertz CT molecular complexity index is 796. The molecule has 2 aromatic carbocycles. The molecule has 0 aliphatic carbocycles. The average Bonchev–Trinajstić information content (AvgIpc) is 2.57. The van der Waals surface area contributed by atoms with Crippen LogP contribution in [0.1, 0.15) is 25.0 Å². The van der Waals surface area contributed by atoms with E-state index in [1.165, 1.54) is 0 Å². The molecule has 0 aliphatic rings. The molecule has 0 fully saturated rings. The first-order chi connectivity index (χ1) is 11.6. The highest BCUT2D eigenvalue weighted by molar-refractivity contribution is 9.10. The summed E-state index contributed by atoms with van der Waals surface area (Å²) in [5, 5.41) is 10.1. The normalized spacial score (nSPS) is 11.0. The van der Waals surface area contributed by atoms with Gasteiger partial charge in [-0.25, -0.2) is 0 Å². The van der Waals surface area contributed by atoms with Gasteiger partial charge in [-0.2, -0.15) is 5.26 Å². The molecule has 0 bridgehead atoms. The van der Waals surface area contributed by atoms with Crippen LogP contribution < -0.4 is 9.47 Å². The molecule has 0 heterocycles. The number of halogens is 2. The SMILES string of the molecule is CCOc1cc(Br)c(C=C(C#N)c2ccccc2Cl)cc1OCC. The van der Waals surface area contributed by atoms with Gasteiger partial charge >= 0.3 is 0 Å². The van der Waals surface area contributed by atoms with Crippen molar-refractivity contribution in [2.24, 2.45) is 0 Å². The van der Waals surface area contributed by atoms with Crippen molar-refractivity contribution in [2.45, 2.75) is 13.8 Å². The quantitative estimate of drug-likeness (QED) is 0.439. The lowest BCUT2D eigenvalue weighted by atomic mass is 10.0. The number of nitrogens with zero attached hydrogens (tertiary/aromatic N) is 1. The number of nitriles is 1. The molecule has 0 aliphatic heterocycles. The van der Waals surface area contributed by atoms with E-state index in [1.807, 2.05) is 44.2 Å². The van der Waals surface area contributed by atoms with Crippen molar-refractivity contribution >= 4 is 39.2 Å². The lowest BCUT2D eigenvalue weighted by Gasteiger charge is -2.13. The predicted molar refractivity (Wildman–Crippen MR) is 101 cm³/mol. The van der Waals surface area contributed by atoms with Gasteiger partial charge in [-0.05, 0) is 43.7 Å². The van der Waals surface area contributed by atoms with E-state index in [0.717, 1.165) is 10.0 Å². The van der Waals surface area contributed by atoms with Crippen molar-refractivity contribution in [1.82, 2.24) is 0 Å². The van der Waals surface area contributed by atoms with E-state index >= 15 is 0 Å². The van der Waals surface area contributed by atoms with Crippen molar-refractivity contribution in [2.75, 3.05) is 13.2 Å². The van der Waals surface area contributed by atoms with E-state index in [9.17, 15) is 5.26 Å². The number of allylic oxidation sites excluding steroid dienone is 1. The van der Waals surface area contributed by atoms with Crippen LogP contribution in [0.3, 0.4) is 0 Å². The van der Waals surface area contributed by atoms with Gasteiger partial charge in [0, 0.05) is 15.1 Å². The summed E-state index contributed by atoms with van der Waals surface area (Å²) in [5.74, 6) is 1.31. The van der Waals surface area contributed by atoms with Crippen LogP contribution in [0.25, 0.3) is 11.6 Å². The molecule has 0 spiro atoms. The lowest BCUT2D eigenvalue weighted by Crippen LogP contribution is -1.99. The average molecular weight is 407 g/mol. The van der Waals surface area contributed by atoms with Crippen LogP contribution in [0.2, 0.25) is 5.02 Å². The van der Waals surface area contributed by atoms with Crippen LogP contribution >= 0.6 is 27.5 Å². The maximum absolute atomic E-state index is 9.52. The van der Waals surface area contributed by atoms with Gasteiger partial charge in [-0.15, -0.1) is 0 Å². The fraction of sp³-hybridized carbons (Fsp3) is 0.211. The van der Waals surface area contributed by atoms with Crippen LogP contribution in [-0.4, -0.2) is 13.2 Å². The number of ether oxygens (including phenoxy) is 2. The molecule has 5 heteroatoms. The topological polar surface area (TPSA) is 42.2 Å². The molecule has 24 heavy (non-hydrogen) atoms. The first kappa shape index (κ1) is 18.4. The largest absolute Gasteiger partial charge is 0.490 e. The van der Waals surface area contributed by atoms with Crippen LogP contribution in [0.15, 0.2) is 40.9 Å². The van der Waals surface area contributed by atoms with Crippen LogP contribution in [0.5, 0.6) is 11.5 Å². The summed E-state index contributed by atoms with van der Waals surface area (Å²) in [4.78, 5) is 0. The van der Waals surface area contributed by atoms with Crippen LogP contribution in [0.4, 0.5) is 0 Å². The molecule has 0 amide bonds. The Morgan fingerprint density at radius 1 is 1.17 bits per heavy atom. The minimum Gasteiger partial charge on any atom is -0.490 e. The highest BCUT2D eigenvalue weighted by Crippen LogP contribution is 2.36. The van der Waals surface area contributed by atoms with Crippen molar-refractivity contribution in [3.05, 3.63) is 57.0 Å². The van der Waals surface area contributed by atoms with Crippen molar-refractivity contribution in [1.29, 1.82) is 5.26 Å². The van der Waals surface area contributed by atoms with Crippen molar-refractivity contribution in [3.8, 4) is 17.6 Å². The predicted octanol–water partition coefficient (Wildman–Crippen LogP) is 5.96. The second-order valence-electron chi connectivity index (χ2n) is 4.84. The summed E-state index contributed by atoms with van der Waals surface area (Å²) in [6.07, 6.45) is 1.78. The molecule has 0 unspecified atom stereocenters. The van der Waals surface area contributed by atoms with Crippen LogP contribution in [-0.2, 0) is 0 Å². The zero-order valence-corrected chi connectivity index (χ0v) is 15.8. The second-order valence-corrected chi connectivity index (χ2v) is 6.10. The zero-order chi connectivity index (χ0) is 17.5. The Balaban J connectivity index is 2.52. The monoisotopic (exact) mass is 405 g/mol. The molecular weight excluding hydrogens is 390 g/mol. The molecule has 2 rings (SSSR count). The third kappa shape index (κ3) is 4.31. The smallest absolute Gasteiger partial charge is 0.162 e. The first-order valence-electron chi connectivity index (χ1n) is 7.56. The standard InChI is InChI=1S/C19H17BrClNO2/c1-3-23-18-10-13(16(20)11-19(18)24-4-2)9-14(12-22)15-7-5-6-8-17(15)21/h5-11H,3-4H2,1-2H3. The molecule has 2 aromatic rings. The number of hydrogen-bond acceptors (Lipinski definition) is 3. The Morgan fingerprint density at radius 3 is 2.38 bits per heavy atom. The van der Waals surface area contributed by atoms with Gasteiger partial charge in [0.25, 0.3) is 0 Å². The summed E-state index contributed by atoms with van der Waals surface area (Å²) in [7, 11) is 0. The van der Waals surface area contributed by atoms with E-state index in [2.05, 4.69) is 22.0 Å². The van der Waals surface area contributed by atoms with Crippen molar-refractivity contribution in [3.63, 3.8) is 0 Å². The molecule has 0 radical (unpaired) electrons. The van der Waals surface area contributed by atoms with Gasteiger partial charge < -0.3 is 9.47 Å². The maximum atomic E-state index is 9.52. The van der Waals surface area contributed by atoms with Gasteiger partial charge in [0.15, 0.2) is 11.5 Å². The highest BCUT2D eigenvalue weighted by atomic mass is 79.9. The van der Waals surface area contributed by atoms with E-state index < -0.39 is 0 Å². The summed E-state index contributed by atoms with van der Waals surface area (Å²) in [5.41, 5.74) is 1.99. The van der Waals surface area contributed by atoms with E-state index in [-0.39, 0.29) is 0 Å². The Morgan fingerprint density at radius 2 is 1.79 bits per heavy atom. The highest BCUT2D eigenvalue weighted by Gasteiger charge is 2.12. The molecular formula is C19H17BrClNO2. The van der Waals surface area contributed by atoms with Gasteiger partial charge in [0.05, 0.1) is 24.9 Å². The summed E-state index contributed by atoms with van der Waals surface area (Å²) in [6, 6.07) is 13.2. The minimum absolute atomic E-state index is 0.480. The van der Waals surface area contributed by atoms with E-state index in [4.69, 9.17) is 21.1 Å². The lowest BCUT2D eigenvalue weighted by molar-refractivity contribution is 0.287. The molecule has 0 atom stereocenters. The molecule has 0 N–H and O–H groups in total. The Kier molecular flexibility index (Phi) is 6.72. The van der Waals surface area contributed by atoms with Gasteiger partial charge in [0.2, 0.25) is 0 Å². The van der Waals surface area contributed by atoms with E-state index in [1.54, 1.807) is 12.1 Å². The van der Waals surface area contributed by atoms with Gasteiger partial charge in [0.1, 0.15) is 0 Å². The number of hydrogen-bond donors (Lipinski definition) is 0. The molecule has 124 valence electrons. The summed E-state index contributed by atoms with van der Waals surface area (Å²) < 4.78 is 12.1. The molecule has 0 aromatic heterocycles. The van der Waals surface area contributed by atoms with E-state index in [0.29, 0.717) is 40.9 Å². The second kappa shape index (κ2) is 8.77. The third-order valence-electron chi connectivity index (χ3n) is 3.25. The third-order valence-corrected chi connectivity index (χ3v) is 4.26. The molecule has 0 saturated heterocycles.